The van der Waals surface area contributed by atoms with Crippen LogP contribution in [0.4, 0.5) is 0 Å². The Labute approximate surface area is 94.9 Å². The fraction of sp³-hybridized carbons (Fsp3) is 0.600. The Morgan fingerprint density at radius 1 is 1.50 bits per heavy atom. The van der Waals surface area contributed by atoms with Crippen molar-refractivity contribution in [2.24, 2.45) is 0 Å². The Balaban J connectivity index is 4.02. The summed E-state index contributed by atoms with van der Waals surface area (Å²) >= 11 is 0. The number of nitrogens with zero attached hydrogens (tertiary/aromatic N) is 1. The van der Waals surface area contributed by atoms with Crippen molar-refractivity contribution in [3.8, 4) is 0 Å². The molecule has 0 fully saturated rings. The van der Waals surface area contributed by atoms with Crippen LogP contribution in [0.3, 0.4) is 0 Å². The Morgan fingerprint density at radius 3 is 2.69 bits per heavy atom. The molecule has 0 bridgehead atoms. The number of methoxy groups -OCH3 is 1. The minimum absolute atomic E-state index is 0.0451. The first-order chi connectivity index (χ1) is 7.60. The molecule has 0 aromatic heterocycles. The number of aliphatic carboxylic acids is 1. The van der Waals surface area contributed by atoms with Crippen LogP contribution in [0, 0.1) is 0 Å². The largest absolute Gasteiger partial charge is 0.480 e. The van der Waals surface area contributed by atoms with Crippen LogP contribution in [0.15, 0.2) is 12.7 Å². The predicted octanol–water partition coefficient (Wildman–Crippen LogP) is -0.678. The van der Waals surface area contributed by atoms with Crippen molar-refractivity contribution in [2.75, 3.05) is 39.9 Å². The summed E-state index contributed by atoms with van der Waals surface area (Å²) in [4.78, 5) is 23.4. The second kappa shape index (κ2) is 8.87. The van der Waals surface area contributed by atoms with E-state index in [9.17, 15) is 9.59 Å². The smallest absolute Gasteiger partial charge is 0.317 e. The van der Waals surface area contributed by atoms with E-state index < -0.39 is 5.97 Å². The normalized spacial score (nSPS) is 10.1. The van der Waals surface area contributed by atoms with Crippen LogP contribution in [0.5, 0.6) is 0 Å². The summed E-state index contributed by atoms with van der Waals surface area (Å²) < 4.78 is 4.83. The topological polar surface area (TPSA) is 78.9 Å². The molecule has 0 aliphatic rings. The standard InChI is InChI=1S/C10H18N2O4/c1-3-4-11-9(13)7-12(5-6-16-2)8-10(14)15/h3H,1,4-8H2,2H3,(H,11,13)(H,14,15). The molecule has 0 aliphatic heterocycles. The molecule has 0 heterocycles. The highest BCUT2D eigenvalue weighted by Gasteiger charge is 2.12. The molecule has 0 unspecified atom stereocenters. The number of carbonyl (C=O) groups excluding carboxylic acids is 1. The van der Waals surface area contributed by atoms with Gasteiger partial charge in [-0.15, -0.1) is 6.58 Å². The van der Waals surface area contributed by atoms with Gasteiger partial charge in [-0.3, -0.25) is 14.5 Å². The lowest BCUT2D eigenvalue weighted by Gasteiger charge is -2.18. The van der Waals surface area contributed by atoms with Gasteiger partial charge in [0.2, 0.25) is 5.91 Å². The van der Waals surface area contributed by atoms with Gasteiger partial charge in [0.05, 0.1) is 19.7 Å². The van der Waals surface area contributed by atoms with Crippen LogP contribution >= 0.6 is 0 Å². The monoisotopic (exact) mass is 230 g/mol. The van der Waals surface area contributed by atoms with E-state index in [-0.39, 0.29) is 19.0 Å². The third-order valence-corrected chi connectivity index (χ3v) is 1.78. The van der Waals surface area contributed by atoms with Crippen LogP contribution in [-0.2, 0) is 14.3 Å². The number of rotatable bonds is 9. The fourth-order valence-electron chi connectivity index (χ4n) is 1.07. The van der Waals surface area contributed by atoms with Crippen LogP contribution in [0.2, 0.25) is 0 Å². The molecule has 6 heteroatoms. The van der Waals surface area contributed by atoms with E-state index in [1.807, 2.05) is 0 Å². The maximum absolute atomic E-state index is 11.3. The van der Waals surface area contributed by atoms with E-state index in [0.717, 1.165) is 0 Å². The molecule has 0 aliphatic carbocycles. The zero-order chi connectivity index (χ0) is 12.4. The summed E-state index contributed by atoms with van der Waals surface area (Å²) in [6.07, 6.45) is 1.56. The van der Waals surface area contributed by atoms with Crippen molar-refractivity contribution in [2.45, 2.75) is 0 Å². The molecule has 16 heavy (non-hydrogen) atoms. The summed E-state index contributed by atoms with van der Waals surface area (Å²) in [5.41, 5.74) is 0. The van der Waals surface area contributed by atoms with Gasteiger partial charge in [0.25, 0.3) is 0 Å². The van der Waals surface area contributed by atoms with Crippen molar-refractivity contribution in [1.82, 2.24) is 10.2 Å². The van der Waals surface area contributed by atoms with E-state index in [4.69, 9.17) is 9.84 Å². The van der Waals surface area contributed by atoms with Gasteiger partial charge in [-0.1, -0.05) is 6.08 Å². The molecular formula is C10H18N2O4. The van der Waals surface area contributed by atoms with Crippen LogP contribution in [-0.4, -0.2) is 61.8 Å². The average Bonchev–Trinajstić information content (AvgIpc) is 2.22. The number of carbonyl (C=O) groups is 2. The van der Waals surface area contributed by atoms with Gasteiger partial charge in [-0.2, -0.15) is 0 Å². The maximum atomic E-state index is 11.3. The lowest BCUT2D eigenvalue weighted by atomic mass is 10.4. The van der Waals surface area contributed by atoms with E-state index >= 15 is 0 Å². The summed E-state index contributed by atoms with van der Waals surface area (Å²) in [5, 5.41) is 11.2. The van der Waals surface area contributed by atoms with Gasteiger partial charge in [-0.05, 0) is 0 Å². The van der Waals surface area contributed by atoms with E-state index in [1.54, 1.807) is 6.08 Å². The van der Waals surface area contributed by atoms with Crippen molar-refractivity contribution in [1.29, 1.82) is 0 Å². The molecule has 2 N–H and O–H groups in total. The predicted molar refractivity (Wildman–Crippen MR) is 59.2 cm³/mol. The Hall–Kier alpha value is -1.40. The maximum Gasteiger partial charge on any atom is 0.317 e. The summed E-state index contributed by atoms with van der Waals surface area (Å²) in [6, 6.07) is 0. The minimum Gasteiger partial charge on any atom is -0.480 e. The molecule has 0 saturated heterocycles. The molecule has 0 rings (SSSR count). The number of carboxylic acid groups (broad SMARTS) is 1. The second-order valence-corrected chi connectivity index (χ2v) is 3.19. The van der Waals surface area contributed by atoms with E-state index in [0.29, 0.717) is 19.7 Å². The Bertz CT molecular complexity index is 243. The highest BCUT2D eigenvalue weighted by Crippen LogP contribution is 1.88. The zero-order valence-electron chi connectivity index (χ0n) is 9.44. The summed E-state index contributed by atoms with van der Waals surface area (Å²) in [5.74, 6) is -1.19. The van der Waals surface area contributed by atoms with Gasteiger partial charge < -0.3 is 15.2 Å². The van der Waals surface area contributed by atoms with Crippen LogP contribution in [0.25, 0.3) is 0 Å². The van der Waals surface area contributed by atoms with Crippen LogP contribution < -0.4 is 5.32 Å². The van der Waals surface area contributed by atoms with Crippen molar-refractivity contribution in [3.63, 3.8) is 0 Å². The molecule has 0 radical (unpaired) electrons. The number of amides is 1. The number of hydrogen-bond acceptors (Lipinski definition) is 4. The summed E-state index contributed by atoms with van der Waals surface area (Å²) in [7, 11) is 1.52. The van der Waals surface area contributed by atoms with Gasteiger partial charge in [0, 0.05) is 20.2 Å². The molecule has 0 saturated carbocycles. The summed E-state index contributed by atoms with van der Waals surface area (Å²) in [6.45, 7) is 4.51. The van der Waals surface area contributed by atoms with E-state index in [1.165, 1.54) is 12.0 Å². The first kappa shape index (κ1) is 14.6. The molecule has 92 valence electrons. The highest BCUT2D eigenvalue weighted by molar-refractivity contribution is 5.79. The second-order valence-electron chi connectivity index (χ2n) is 3.19. The zero-order valence-corrected chi connectivity index (χ0v) is 9.44. The van der Waals surface area contributed by atoms with Gasteiger partial charge in [0.15, 0.2) is 0 Å². The molecule has 1 amide bonds. The van der Waals surface area contributed by atoms with Gasteiger partial charge in [0.1, 0.15) is 0 Å². The fourth-order valence-corrected chi connectivity index (χ4v) is 1.07. The molecule has 0 atom stereocenters. The quantitative estimate of drug-likeness (QED) is 0.513. The molecule has 0 aromatic rings. The van der Waals surface area contributed by atoms with Crippen molar-refractivity contribution >= 4 is 11.9 Å². The van der Waals surface area contributed by atoms with Crippen molar-refractivity contribution in [3.05, 3.63) is 12.7 Å². The minimum atomic E-state index is -0.965. The number of ether oxygens (including phenoxy) is 1. The number of nitrogens with one attached hydrogen (secondary N) is 1. The van der Waals surface area contributed by atoms with Gasteiger partial charge in [-0.25, -0.2) is 0 Å². The van der Waals surface area contributed by atoms with Crippen LogP contribution in [0.1, 0.15) is 0 Å². The Morgan fingerprint density at radius 2 is 2.19 bits per heavy atom. The van der Waals surface area contributed by atoms with E-state index in [2.05, 4.69) is 11.9 Å². The number of carboxylic acids is 1. The van der Waals surface area contributed by atoms with Gasteiger partial charge >= 0.3 is 5.97 Å². The molecule has 6 nitrogen and oxygen atoms in total. The SMILES string of the molecule is C=CCNC(=O)CN(CCOC)CC(=O)O. The molecule has 0 spiro atoms. The average molecular weight is 230 g/mol. The third kappa shape index (κ3) is 7.95. The lowest BCUT2D eigenvalue weighted by Crippen LogP contribution is -2.41. The number of hydrogen-bond donors (Lipinski definition) is 2. The molecular weight excluding hydrogens is 212 g/mol. The van der Waals surface area contributed by atoms with Crippen molar-refractivity contribution < 1.29 is 19.4 Å². The first-order valence-corrected chi connectivity index (χ1v) is 4.90. The molecule has 0 aromatic carbocycles. The third-order valence-electron chi connectivity index (χ3n) is 1.78. The Kier molecular flexibility index (Phi) is 8.10. The lowest BCUT2D eigenvalue weighted by molar-refractivity contribution is -0.138. The highest BCUT2D eigenvalue weighted by atomic mass is 16.5. The first-order valence-electron chi connectivity index (χ1n) is 4.90.